The number of pyridine rings is 1. The van der Waals surface area contributed by atoms with Crippen molar-refractivity contribution in [1.29, 1.82) is 0 Å². The maximum Gasteiger partial charge on any atom is 0.249 e. The van der Waals surface area contributed by atoms with E-state index < -0.39 is 6.04 Å². The van der Waals surface area contributed by atoms with Crippen LogP contribution < -0.4 is 16.0 Å². The van der Waals surface area contributed by atoms with Crippen molar-refractivity contribution in [3.63, 3.8) is 0 Å². The van der Waals surface area contributed by atoms with E-state index in [1.165, 1.54) is 0 Å². The second-order valence-electron chi connectivity index (χ2n) is 4.79. The fraction of sp³-hybridized carbons (Fsp3) is 0.214. The van der Waals surface area contributed by atoms with E-state index in [2.05, 4.69) is 10.3 Å². The van der Waals surface area contributed by atoms with Crippen LogP contribution in [0.1, 0.15) is 6.92 Å². The third kappa shape index (κ3) is 1.85. The summed E-state index contributed by atoms with van der Waals surface area (Å²) in [6, 6.07) is 6.87. The lowest BCUT2D eigenvalue weighted by molar-refractivity contribution is -0.132. The zero-order valence-corrected chi connectivity index (χ0v) is 11.0. The first-order valence-electron chi connectivity index (χ1n) is 6.31. The topological polar surface area (TPSA) is 88.3 Å². The summed E-state index contributed by atoms with van der Waals surface area (Å²) in [5.74, 6) is -0.600. The van der Waals surface area contributed by atoms with Gasteiger partial charge in [0.25, 0.3) is 0 Å². The smallest absolute Gasteiger partial charge is 0.249 e. The van der Waals surface area contributed by atoms with E-state index in [4.69, 9.17) is 5.73 Å². The summed E-state index contributed by atoms with van der Waals surface area (Å²) >= 11 is 0. The van der Waals surface area contributed by atoms with Crippen LogP contribution in [0.3, 0.4) is 0 Å². The number of para-hydroxylation sites is 1. The molecule has 20 heavy (non-hydrogen) atoms. The Morgan fingerprint density at radius 2 is 2.15 bits per heavy atom. The number of carbonyl (C=O) groups is 2. The number of nitrogens with two attached hydrogens (primary N) is 1. The van der Waals surface area contributed by atoms with Crippen molar-refractivity contribution >= 4 is 34.1 Å². The van der Waals surface area contributed by atoms with Crippen molar-refractivity contribution in [3.8, 4) is 0 Å². The average molecular weight is 270 g/mol. The Morgan fingerprint density at radius 1 is 1.35 bits per heavy atom. The molecule has 0 saturated carbocycles. The van der Waals surface area contributed by atoms with Crippen molar-refractivity contribution in [2.45, 2.75) is 13.0 Å². The summed E-state index contributed by atoms with van der Waals surface area (Å²) in [4.78, 5) is 29.4. The molecule has 0 bridgehead atoms. The monoisotopic (exact) mass is 270 g/mol. The predicted molar refractivity (Wildman–Crippen MR) is 76.1 cm³/mol. The highest BCUT2D eigenvalue weighted by atomic mass is 16.2. The van der Waals surface area contributed by atoms with Crippen molar-refractivity contribution in [2.24, 2.45) is 0 Å². The third-order valence-corrected chi connectivity index (χ3v) is 3.51. The molecule has 6 nitrogen and oxygen atoms in total. The number of anilines is 2. The fourth-order valence-electron chi connectivity index (χ4n) is 2.44. The molecule has 3 rings (SSSR count). The second kappa shape index (κ2) is 4.48. The van der Waals surface area contributed by atoms with E-state index in [0.717, 1.165) is 11.1 Å². The number of nitrogens with one attached hydrogen (secondary N) is 1. The summed E-state index contributed by atoms with van der Waals surface area (Å²) in [7, 11) is 0. The molecule has 3 N–H and O–H groups in total. The number of amides is 2. The van der Waals surface area contributed by atoms with Gasteiger partial charge in [-0.2, -0.15) is 0 Å². The number of aromatic nitrogens is 1. The Balaban J connectivity index is 2.16. The Labute approximate surface area is 115 Å². The molecule has 0 radical (unpaired) electrons. The highest BCUT2D eigenvalue weighted by Gasteiger charge is 2.31. The normalized spacial score (nSPS) is 19.2. The van der Waals surface area contributed by atoms with Gasteiger partial charge in [-0.25, -0.2) is 0 Å². The van der Waals surface area contributed by atoms with Crippen molar-refractivity contribution in [1.82, 2.24) is 10.3 Å². The third-order valence-electron chi connectivity index (χ3n) is 3.51. The van der Waals surface area contributed by atoms with Gasteiger partial charge in [0.1, 0.15) is 6.04 Å². The summed E-state index contributed by atoms with van der Waals surface area (Å²) in [6.45, 7) is 1.90. The molecule has 1 unspecified atom stereocenters. The Morgan fingerprint density at radius 3 is 2.95 bits per heavy atom. The van der Waals surface area contributed by atoms with Crippen molar-refractivity contribution in [2.75, 3.05) is 17.2 Å². The van der Waals surface area contributed by atoms with Gasteiger partial charge in [0.15, 0.2) is 0 Å². The van der Waals surface area contributed by atoms with Crippen LogP contribution in [0.15, 0.2) is 30.5 Å². The lowest BCUT2D eigenvalue weighted by Crippen LogP contribution is -2.57. The minimum Gasteiger partial charge on any atom is -0.397 e. The Kier molecular flexibility index (Phi) is 2.78. The molecule has 0 aliphatic carbocycles. The fourth-order valence-corrected chi connectivity index (χ4v) is 2.44. The number of benzene rings is 1. The molecule has 2 aromatic rings. The summed E-state index contributed by atoms with van der Waals surface area (Å²) < 4.78 is 0. The van der Waals surface area contributed by atoms with E-state index in [1.807, 2.05) is 12.1 Å². The lowest BCUT2D eigenvalue weighted by Gasteiger charge is -2.34. The van der Waals surface area contributed by atoms with Crippen LogP contribution in [-0.2, 0) is 9.59 Å². The number of nitrogen functional groups attached to an aromatic ring is 1. The zero-order valence-electron chi connectivity index (χ0n) is 11.0. The molecule has 1 aliphatic heterocycles. The largest absolute Gasteiger partial charge is 0.397 e. The van der Waals surface area contributed by atoms with Crippen LogP contribution in [0.5, 0.6) is 0 Å². The van der Waals surface area contributed by atoms with Gasteiger partial charge < -0.3 is 10.6 Å². The maximum atomic E-state index is 11.8. The molecular weight excluding hydrogens is 256 g/mol. The molecular formula is C14H14N4O2. The molecule has 0 spiro atoms. The molecule has 2 amide bonds. The van der Waals surface area contributed by atoms with Crippen LogP contribution in [0, 0.1) is 0 Å². The van der Waals surface area contributed by atoms with Gasteiger partial charge in [-0.05, 0) is 19.1 Å². The van der Waals surface area contributed by atoms with Crippen LogP contribution >= 0.6 is 0 Å². The first-order valence-corrected chi connectivity index (χ1v) is 6.31. The van der Waals surface area contributed by atoms with Crippen molar-refractivity contribution < 1.29 is 9.59 Å². The SMILES string of the molecule is CC1C(=O)NC(=O)CN1c1ccnc2c(N)cccc12. The standard InChI is InChI=1S/C14H14N4O2/c1-8-14(20)17-12(19)7-18(8)11-5-6-16-13-9(11)3-2-4-10(13)15/h2-6,8H,7,15H2,1H3,(H,17,19,20). The minimum atomic E-state index is -0.417. The molecule has 1 aromatic carbocycles. The number of carbonyl (C=O) groups excluding carboxylic acids is 2. The predicted octanol–water partition coefficient (Wildman–Crippen LogP) is 0.668. The van der Waals surface area contributed by atoms with E-state index >= 15 is 0 Å². The summed E-state index contributed by atoms with van der Waals surface area (Å²) in [6.07, 6.45) is 1.64. The number of hydrogen-bond donors (Lipinski definition) is 2. The highest BCUT2D eigenvalue weighted by Crippen LogP contribution is 2.30. The molecule has 2 heterocycles. The molecule has 1 fully saturated rings. The number of rotatable bonds is 1. The summed E-state index contributed by atoms with van der Waals surface area (Å²) in [5.41, 5.74) is 7.96. The van der Waals surface area contributed by atoms with Crippen LogP contribution in [0.2, 0.25) is 0 Å². The van der Waals surface area contributed by atoms with Gasteiger partial charge in [0, 0.05) is 17.3 Å². The van der Waals surface area contributed by atoms with Gasteiger partial charge in [0.2, 0.25) is 11.8 Å². The number of hydrogen-bond acceptors (Lipinski definition) is 5. The maximum absolute atomic E-state index is 11.8. The van der Waals surface area contributed by atoms with Crippen LogP contribution in [0.4, 0.5) is 11.4 Å². The lowest BCUT2D eigenvalue weighted by atomic mass is 10.1. The average Bonchev–Trinajstić information content (AvgIpc) is 2.43. The molecule has 102 valence electrons. The zero-order chi connectivity index (χ0) is 14.3. The minimum absolute atomic E-state index is 0.140. The second-order valence-corrected chi connectivity index (χ2v) is 4.79. The van der Waals surface area contributed by atoms with Gasteiger partial charge in [-0.3, -0.25) is 19.9 Å². The first-order chi connectivity index (χ1) is 9.58. The van der Waals surface area contributed by atoms with Crippen LogP contribution in [-0.4, -0.2) is 29.4 Å². The molecule has 1 aliphatic rings. The molecule has 1 atom stereocenters. The number of imide groups is 1. The quantitative estimate of drug-likeness (QED) is 0.587. The molecule has 1 saturated heterocycles. The van der Waals surface area contributed by atoms with E-state index in [1.54, 1.807) is 30.2 Å². The van der Waals surface area contributed by atoms with Gasteiger partial charge in [-0.15, -0.1) is 0 Å². The number of fused-ring (bicyclic) bond motifs is 1. The van der Waals surface area contributed by atoms with E-state index in [9.17, 15) is 9.59 Å². The first kappa shape index (κ1) is 12.4. The van der Waals surface area contributed by atoms with Gasteiger partial charge in [-0.1, -0.05) is 12.1 Å². The van der Waals surface area contributed by atoms with Crippen molar-refractivity contribution in [3.05, 3.63) is 30.5 Å². The van der Waals surface area contributed by atoms with E-state index in [-0.39, 0.29) is 18.4 Å². The number of piperazine rings is 1. The van der Waals surface area contributed by atoms with Crippen LogP contribution in [0.25, 0.3) is 10.9 Å². The van der Waals surface area contributed by atoms with E-state index in [0.29, 0.717) is 11.2 Å². The molecule has 1 aromatic heterocycles. The number of nitrogens with zero attached hydrogens (tertiary/aromatic N) is 2. The Bertz CT molecular complexity index is 713. The highest BCUT2D eigenvalue weighted by molar-refractivity contribution is 6.07. The summed E-state index contributed by atoms with van der Waals surface area (Å²) in [5, 5.41) is 3.16. The molecule has 6 heteroatoms. The van der Waals surface area contributed by atoms with Gasteiger partial charge >= 0.3 is 0 Å². The Hall–Kier alpha value is -2.63. The van der Waals surface area contributed by atoms with Gasteiger partial charge in [0.05, 0.1) is 17.7 Å².